The molecule has 0 saturated heterocycles. The molecule has 0 unspecified atom stereocenters. The average molecular weight is 440 g/mol. The van der Waals surface area contributed by atoms with Gasteiger partial charge < -0.3 is 0 Å². The molecule has 2 aromatic carbocycles. The molecule has 7 nitrogen and oxygen atoms in total. The molecule has 0 fully saturated rings. The van der Waals surface area contributed by atoms with E-state index in [1.165, 1.54) is 29.8 Å². The van der Waals surface area contributed by atoms with Gasteiger partial charge in [0.05, 0.1) is 16.6 Å². The fourth-order valence-corrected chi connectivity index (χ4v) is 4.90. The summed E-state index contributed by atoms with van der Waals surface area (Å²) >= 11 is 1.38. The van der Waals surface area contributed by atoms with Crippen LogP contribution in [0, 0.1) is 6.92 Å². The highest BCUT2D eigenvalue weighted by atomic mass is 32.2. The van der Waals surface area contributed by atoms with Gasteiger partial charge in [0.1, 0.15) is 11.4 Å². The fourth-order valence-electron chi connectivity index (χ4n) is 2.93. The number of nitrogens with one attached hydrogen (secondary N) is 1. The number of carbonyl (C=O) groups is 1. The molecule has 9 heteroatoms. The Labute approximate surface area is 176 Å². The van der Waals surface area contributed by atoms with Gasteiger partial charge in [-0.15, -0.1) is 11.3 Å². The van der Waals surface area contributed by atoms with Crippen molar-refractivity contribution in [3.8, 4) is 10.4 Å². The van der Waals surface area contributed by atoms with Gasteiger partial charge in [0.2, 0.25) is 0 Å². The number of rotatable bonds is 5. The molecular weight excluding hydrogens is 422 g/mol. The smallest absolute Gasteiger partial charge is 0.264 e. The number of carbonyl (C=O) groups excluding carboxylic acids is 1. The highest BCUT2D eigenvalue weighted by molar-refractivity contribution is 7.90. The molecule has 0 saturated carbocycles. The first kappa shape index (κ1) is 20.0. The molecule has 1 N–H and O–H groups in total. The lowest BCUT2D eigenvalue weighted by atomic mass is 10.2. The zero-order valence-electron chi connectivity index (χ0n) is 15.9. The number of thiophene rings is 1. The van der Waals surface area contributed by atoms with Crippen molar-refractivity contribution >= 4 is 37.5 Å². The van der Waals surface area contributed by atoms with E-state index in [1.54, 1.807) is 18.2 Å². The van der Waals surface area contributed by atoms with Crippen LogP contribution in [0.3, 0.4) is 0 Å². The molecular formula is C21H17N3O4S2. The van der Waals surface area contributed by atoms with E-state index in [0.717, 1.165) is 20.6 Å². The molecule has 0 bridgehead atoms. The van der Waals surface area contributed by atoms with E-state index in [4.69, 9.17) is 0 Å². The Morgan fingerprint density at radius 1 is 1.10 bits per heavy atom. The Morgan fingerprint density at radius 3 is 2.50 bits per heavy atom. The Hall–Kier alpha value is -3.30. The third-order valence-electron chi connectivity index (χ3n) is 4.47. The number of hydrogen-bond acceptors (Lipinski definition) is 6. The van der Waals surface area contributed by atoms with Gasteiger partial charge in [-0.05, 0) is 30.7 Å². The lowest BCUT2D eigenvalue weighted by Crippen LogP contribution is -2.36. The minimum atomic E-state index is -4.02. The number of nitrogens with zero attached hydrogens (tertiary/aromatic N) is 2. The number of hydrogen-bond donors (Lipinski definition) is 1. The summed E-state index contributed by atoms with van der Waals surface area (Å²) in [6.45, 7) is 1.38. The summed E-state index contributed by atoms with van der Waals surface area (Å²) in [5.41, 5.74) is 1.46. The van der Waals surface area contributed by atoms with Crippen molar-refractivity contribution in [3.05, 3.63) is 82.9 Å². The average Bonchev–Trinajstić information content (AvgIpc) is 3.16. The van der Waals surface area contributed by atoms with Crippen LogP contribution in [0.2, 0.25) is 0 Å². The van der Waals surface area contributed by atoms with Gasteiger partial charge in [-0.3, -0.25) is 14.2 Å². The van der Waals surface area contributed by atoms with Crippen molar-refractivity contribution in [1.29, 1.82) is 0 Å². The lowest BCUT2D eigenvalue weighted by Gasteiger charge is -2.08. The van der Waals surface area contributed by atoms with Crippen molar-refractivity contribution in [2.24, 2.45) is 0 Å². The van der Waals surface area contributed by atoms with Gasteiger partial charge in [0.25, 0.3) is 21.5 Å². The molecule has 2 aromatic heterocycles. The van der Waals surface area contributed by atoms with E-state index < -0.39 is 28.0 Å². The Morgan fingerprint density at radius 2 is 1.80 bits per heavy atom. The van der Waals surface area contributed by atoms with E-state index in [0.29, 0.717) is 10.2 Å². The van der Waals surface area contributed by atoms with Crippen LogP contribution in [-0.2, 0) is 21.4 Å². The van der Waals surface area contributed by atoms with E-state index >= 15 is 0 Å². The summed E-state index contributed by atoms with van der Waals surface area (Å²) in [5, 5.41) is 0.385. The number of amides is 1. The van der Waals surface area contributed by atoms with Crippen molar-refractivity contribution in [3.63, 3.8) is 0 Å². The fraction of sp³-hybridized carbons (Fsp3) is 0.0952. The number of aryl methyl sites for hydroxylation is 1. The first-order valence-corrected chi connectivity index (χ1v) is 11.3. The summed E-state index contributed by atoms with van der Waals surface area (Å²) in [6.07, 6.45) is 1.26. The van der Waals surface area contributed by atoms with Crippen molar-refractivity contribution in [2.75, 3.05) is 0 Å². The molecule has 0 spiro atoms. The zero-order valence-corrected chi connectivity index (χ0v) is 17.5. The van der Waals surface area contributed by atoms with Crippen LogP contribution in [0.4, 0.5) is 0 Å². The van der Waals surface area contributed by atoms with Crippen LogP contribution >= 0.6 is 11.3 Å². The van der Waals surface area contributed by atoms with Crippen molar-refractivity contribution in [1.82, 2.24) is 14.3 Å². The molecule has 30 heavy (non-hydrogen) atoms. The normalized spacial score (nSPS) is 11.5. The first-order chi connectivity index (χ1) is 14.3. The lowest BCUT2D eigenvalue weighted by molar-refractivity contribution is -0.119. The van der Waals surface area contributed by atoms with Gasteiger partial charge in [-0.2, -0.15) is 0 Å². The minimum Gasteiger partial charge on any atom is -0.289 e. The van der Waals surface area contributed by atoms with Crippen LogP contribution in [0.1, 0.15) is 5.56 Å². The molecule has 4 rings (SSSR count). The molecule has 0 aliphatic heterocycles. The zero-order chi connectivity index (χ0) is 21.3. The maximum Gasteiger partial charge on any atom is 0.264 e. The van der Waals surface area contributed by atoms with Crippen molar-refractivity contribution < 1.29 is 13.2 Å². The number of benzene rings is 2. The number of sulfonamides is 1. The summed E-state index contributed by atoms with van der Waals surface area (Å²) in [4.78, 5) is 30.8. The molecule has 2 heterocycles. The molecule has 0 aliphatic rings. The van der Waals surface area contributed by atoms with Crippen LogP contribution in [0.5, 0.6) is 0 Å². The summed E-state index contributed by atoms with van der Waals surface area (Å²) in [5.74, 6) is -0.822. The quantitative estimate of drug-likeness (QED) is 0.516. The largest absolute Gasteiger partial charge is 0.289 e. The standard InChI is InChI=1S/C21H17N3O4S2/c1-14-7-9-16(10-8-14)30(27,28)23-19(25)12-24-13-22-20-17(21(24)26)11-18(29-20)15-5-3-2-4-6-15/h2-11,13H,12H2,1H3,(H,23,25). The minimum absolute atomic E-state index is 0.0206. The molecule has 0 aliphatic carbocycles. The molecule has 0 radical (unpaired) electrons. The summed E-state index contributed by atoms with van der Waals surface area (Å²) in [6, 6.07) is 17.5. The second-order valence-corrected chi connectivity index (χ2v) is 9.43. The third-order valence-corrected chi connectivity index (χ3v) is 6.95. The maximum absolute atomic E-state index is 12.8. The number of aromatic nitrogens is 2. The molecule has 0 atom stereocenters. The van der Waals surface area contributed by atoms with Gasteiger partial charge >= 0.3 is 0 Å². The molecule has 152 valence electrons. The highest BCUT2D eigenvalue weighted by Crippen LogP contribution is 2.30. The predicted octanol–water partition coefficient (Wildman–Crippen LogP) is 2.94. The van der Waals surface area contributed by atoms with Crippen LogP contribution in [0.25, 0.3) is 20.7 Å². The molecule has 1 amide bonds. The SMILES string of the molecule is Cc1ccc(S(=O)(=O)NC(=O)Cn2cnc3sc(-c4ccccc4)cc3c2=O)cc1. The predicted molar refractivity (Wildman–Crippen MR) is 116 cm³/mol. The van der Waals surface area contributed by atoms with E-state index in [9.17, 15) is 18.0 Å². The van der Waals surface area contributed by atoms with Crippen LogP contribution in [0.15, 0.2) is 76.7 Å². The summed E-state index contributed by atoms with van der Waals surface area (Å²) in [7, 11) is -4.02. The maximum atomic E-state index is 12.8. The van der Waals surface area contributed by atoms with Crippen LogP contribution in [-0.4, -0.2) is 23.9 Å². The topological polar surface area (TPSA) is 98.1 Å². The first-order valence-electron chi connectivity index (χ1n) is 9.00. The third kappa shape index (κ3) is 4.03. The Bertz CT molecular complexity index is 1390. The molecule has 4 aromatic rings. The number of fused-ring (bicyclic) bond motifs is 1. The van der Waals surface area contributed by atoms with Gasteiger partial charge in [0.15, 0.2) is 0 Å². The van der Waals surface area contributed by atoms with Gasteiger partial charge in [0, 0.05) is 4.88 Å². The van der Waals surface area contributed by atoms with Crippen LogP contribution < -0.4 is 10.3 Å². The highest BCUT2D eigenvalue weighted by Gasteiger charge is 2.19. The van der Waals surface area contributed by atoms with E-state index in [-0.39, 0.29) is 4.90 Å². The van der Waals surface area contributed by atoms with E-state index in [1.807, 2.05) is 42.0 Å². The Kier molecular flexibility index (Phi) is 5.23. The van der Waals surface area contributed by atoms with Gasteiger partial charge in [-0.1, -0.05) is 48.0 Å². The van der Waals surface area contributed by atoms with Crippen molar-refractivity contribution in [2.45, 2.75) is 18.4 Å². The van der Waals surface area contributed by atoms with E-state index in [2.05, 4.69) is 4.98 Å². The Balaban J connectivity index is 1.58. The second-order valence-electron chi connectivity index (χ2n) is 6.71. The summed E-state index contributed by atoms with van der Waals surface area (Å²) < 4.78 is 27.8. The van der Waals surface area contributed by atoms with Gasteiger partial charge in [-0.25, -0.2) is 18.1 Å². The second kappa shape index (κ2) is 7.85. The monoisotopic (exact) mass is 439 g/mol.